The number of hydrogen-bond acceptors (Lipinski definition) is 5. The summed E-state index contributed by atoms with van der Waals surface area (Å²) in [5.41, 5.74) is 0. The van der Waals surface area contributed by atoms with Crippen molar-refractivity contribution in [2.24, 2.45) is 0 Å². The Morgan fingerprint density at radius 1 is 1.67 bits per heavy atom. The summed E-state index contributed by atoms with van der Waals surface area (Å²) in [5.74, 6) is 0.0818. The minimum Gasteiger partial charge on any atom is -0.353 e. The Balaban J connectivity index is 2.02. The molecule has 1 aromatic rings. The minimum atomic E-state index is -0.129. The maximum absolute atomic E-state index is 11.6. The molecule has 2 rings (SSSR count). The van der Waals surface area contributed by atoms with E-state index in [1.165, 1.54) is 4.88 Å². The van der Waals surface area contributed by atoms with Crippen molar-refractivity contribution in [3.05, 3.63) is 11.1 Å². The predicted octanol–water partition coefficient (Wildman–Crippen LogP) is 0.966. The van der Waals surface area contributed by atoms with E-state index in [1.807, 2.05) is 13.1 Å². The van der Waals surface area contributed by atoms with E-state index in [4.69, 9.17) is 0 Å². The van der Waals surface area contributed by atoms with Gasteiger partial charge in [-0.05, 0) is 6.92 Å². The van der Waals surface area contributed by atoms with Crippen molar-refractivity contribution in [2.45, 2.75) is 39.4 Å². The van der Waals surface area contributed by atoms with E-state index in [2.05, 4.69) is 34.4 Å². The summed E-state index contributed by atoms with van der Waals surface area (Å²) in [6, 6.07) is 0.339. The summed E-state index contributed by atoms with van der Waals surface area (Å²) in [5, 5.41) is 7.18. The van der Waals surface area contributed by atoms with Crippen molar-refractivity contribution in [1.29, 1.82) is 0 Å². The van der Waals surface area contributed by atoms with Crippen molar-refractivity contribution in [3.63, 3.8) is 0 Å². The summed E-state index contributed by atoms with van der Waals surface area (Å²) in [4.78, 5) is 19.3. The maximum atomic E-state index is 11.6. The number of amides is 1. The van der Waals surface area contributed by atoms with Crippen LogP contribution in [0, 0.1) is 0 Å². The van der Waals surface area contributed by atoms with Crippen molar-refractivity contribution in [1.82, 2.24) is 15.6 Å². The first kappa shape index (κ1) is 13.3. The van der Waals surface area contributed by atoms with Gasteiger partial charge >= 0.3 is 0 Å². The van der Waals surface area contributed by atoms with Crippen molar-refractivity contribution in [3.8, 4) is 0 Å². The van der Waals surface area contributed by atoms with Crippen LogP contribution in [0.5, 0.6) is 0 Å². The lowest BCUT2D eigenvalue weighted by atomic mass is 10.2. The van der Waals surface area contributed by atoms with Crippen molar-refractivity contribution >= 4 is 22.4 Å². The highest BCUT2D eigenvalue weighted by atomic mass is 32.1. The van der Waals surface area contributed by atoms with Crippen LogP contribution in [0.25, 0.3) is 0 Å². The number of aromatic nitrogens is 1. The van der Waals surface area contributed by atoms with Crippen LogP contribution < -0.4 is 15.5 Å². The second kappa shape index (κ2) is 5.67. The Morgan fingerprint density at radius 3 is 3.17 bits per heavy atom. The van der Waals surface area contributed by atoms with Crippen molar-refractivity contribution < 1.29 is 4.79 Å². The fourth-order valence-electron chi connectivity index (χ4n) is 1.86. The first-order valence-electron chi connectivity index (χ1n) is 6.30. The SMILES string of the molecule is CC(C)NCc1cnc(N2CCNC(=O)C2C)s1. The Bertz CT molecular complexity index is 418. The topological polar surface area (TPSA) is 57.3 Å². The molecular formula is C12H20N4OS. The third-order valence-corrected chi connectivity index (χ3v) is 4.00. The number of hydrogen-bond donors (Lipinski definition) is 2. The molecule has 1 aromatic heterocycles. The fraction of sp³-hybridized carbons (Fsp3) is 0.667. The van der Waals surface area contributed by atoms with E-state index in [0.29, 0.717) is 12.6 Å². The molecule has 0 saturated carbocycles. The first-order chi connectivity index (χ1) is 8.58. The lowest BCUT2D eigenvalue weighted by molar-refractivity contribution is -0.122. The minimum absolute atomic E-state index is 0.0818. The molecule has 1 amide bonds. The van der Waals surface area contributed by atoms with Crippen LogP contribution in [0.3, 0.4) is 0 Å². The Labute approximate surface area is 112 Å². The zero-order chi connectivity index (χ0) is 13.1. The van der Waals surface area contributed by atoms with Crippen LogP contribution in [0.15, 0.2) is 6.20 Å². The summed E-state index contributed by atoms with van der Waals surface area (Å²) >= 11 is 1.66. The van der Waals surface area contributed by atoms with E-state index in [9.17, 15) is 4.79 Å². The highest BCUT2D eigenvalue weighted by molar-refractivity contribution is 7.15. The second-order valence-corrected chi connectivity index (χ2v) is 5.90. The van der Waals surface area contributed by atoms with Crippen LogP contribution in [-0.2, 0) is 11.3 Å². The molecule has 0 bridgehead atoms. The van der Waals surface area contributed by atoms with E-state index < -0.39 is 0 Å². The third kappa shape index (κ3) is 3.00. The number of anilines is 1. The normalized spacial score (nSPS) is 20.3. The molecule has 2 N–H and O–H groups in total. The Hall–Kier alpha value is -1.14. The van der Waals surface area contributed by atoms with Gasteiger partial charge in [0, 0.05) is 36.8 Å². The van der Waals surface area contributed by atoms with Gasteiger partial charge < -0.3 is 15.5 Å². The van der Waals surface area contributed by atoms with E-state index in [1.54, 1.807) is 11.3 Å². The summed E-state index contributed by atoms with van der Waals surface area (Å²) in [7, 11) is 0. The van der Waals surface area contributed by atoms with Crippen LogP contribution in [0.1, 0.15) is 25.6 Å². The smallest absolute Gasteiger partial charge is 0.242 e. The molecule has 1 unspecified atom stereocenters. The molecule has 6 heteroatoms. The van der Waals surface area contributed by atoms with Crippen LogP contribution in [0.2, 0.25) is 0 Å². The van der Waals surface area contributed by atoms with Gasteiger partial charge in [-0.1, -0.05) is 13.8 Å². The fourth-order valence-corrected chi connectivity index (χ4v) is 2.83. The second-order valence-electron chi connectivity index (χ2n) is 4.81. The van der Waals surface area contributed by atoms with Gasteiger partial charge in [-0.2, -0.15) is 0 Å². The molecule has 5 nitrogen and oxygen atoms in total. The number of piperazine rings is 1. The van der Waals surface area contributed by atoms with Gasteiger partial charge in [0.1, 0.15) is 6.04 Å². The molecule has 0 aliphatic carbocycles. The molecule has 1 fully saturated rings. The van der Waals surface area contributed by atoms with E-state index in [0.717, 1.165) is 18.2 Å². The van der Waals surface area contributed by atoms with Crippen LogP contribution in [0.4, 0.5) is 5.13 Å². The Kier molecular flexibility index (Phi) is 4.19. The summed E-state index contributed by atoms with van der Waals surface area (Å²) in [6.45, 7) is 8.53. The average Bonchev–Trinajstić information content (AvgIpc) is 2.78. The molecular weight excluding hydrogens is 248 g/mol. The molecule has 18 heavy (non-hydrogen) atoms. The number of nitrogens with one attached hydrogen (secondary N) is 2. The number of carbonyl (C=O) groups excluding carboxylic acids is 1. The van der Waals surface area contributed by atoms with Crippen LogP contribution in [-0.4, -0.2) is 36.1 Å². The van der Waals surface area contributed by atoms with E-state index >= 15 is 0 Å². The lowest BCUT2D eigenvalue weighted by Gasteiger charge is -2.32. The van der Waals surface area contributed by atoms with Gasteiger partial charge in [-0.15, -0.1) is 11.3 Å². The maximum Gasteiger partial charge on any atom is 0.242 e. The predicted molar refractivity (Wildman–Crippen MR) is 73.9 cm³/mol. The average molecular weight is 268 g/mol. The zero-order valence-corrected chi connectivity index (χ0v) is 11.9. The molecule has 1 aliphatic heterocycles. The highest BCUT2D eigenvalue weighted by Crippen LogP contribution is 2.25. The van der Waals surface area contributed by atoms with Gasteiger partial charge in [-0.25, -0.2) is 4.98 Å². The monoisotopic (exact) mass is 268 g/mol. The van der Waals surface area contributed by atoms with Crippen molar-refractivity contribution in [2.75, 3.05) is 18.0 Å². The lowest BCUT2D eigenvalue weighted by Crippen LogP contribution is -2.54. The molecule has 1 atom stereocenters. The van der Waals surface area contributed by atoms with Gasteiger partial charge in [0.2, 0.25) is 5.91 Å². The summed E-state index contributed by atoms with van der Waals surface area (Å²) in [6.07, 6.45) is 1.90. The van der Waals surface area contributed by atoms with Gasteiger partial charge in [0.15, 0.2) is 5.13 Å². The van der Waals surface area contributed by atoms with Gasteiger partial charge in [0.05, 0.1) is 0 Å². The molecule has 0 spiro atoms. The number of carbonyl (C=O) groups is 1. The van der Waals surface area contributed by atoms with E-state index in [-0.39, 0.29) is 11.9 Å². The number of nitrogens with zero attached hydrogens (tertiary/aromatic N) is 2. The zero-order valence-electron chi connectivity index (χ0n) is 11.1. The molecule has 1 saturated heterocycles. The molecule has 0 aromatic carbocycles. The van der Waals surface area contributed by atoms with Crippen LogP contribution >= 0.6 is 11.3 Å². The highest BCUT2D eigenvalue weighted by Gasteiger charge is 2.27. The van der Waals surface area contributed by atoms with Gasteiger partial charge in [0.25, 0.3) is 0 Å². The van der Waals surface area contributed by atoms with Gasteiger partial charge in [-0.3, -0.25) is 4.79 Å². The number of thiazole rings is 1. The molecule has 2 heterocycles. The largest absolute Gasteiger partial charge is 0.353 e. The molecule has 100 valence electrons. The third-order valence-electron chi connectivity index (χ3n) is 2.97. The summed E-state index contributed by atoms with van der Waals surface area (Å²) < 4.78 is 0. The first-order valence-corrected chi connectivity index (χ1v) is 7.12. The standard InChI is InChI=1S/C12H20N4OS/c1-8(2)14-6-10-7-15-12(18-10)16-5-4-13-11(17)9(16)3/h7-9,14H,4-6H2,1-3H3,(H,13,17). The molecule has 0 radical (unpaired) electrons. The molecule has 1 aliphatic rings. The number of rotatable bonds is 4. The Morgan fingerprint density at radius 2 is 2.44 bits per heavy atom. The quantitative estimate of drug-likeness (QED) is 0.854.